The third-order valence-electron chi connectivity index (χ3n) is 8.06. The van der Waals surface area contributed by atoms with Crippen molar-refractivity contribution in [3.05, 3.63) is 29.8 Å². The molecule has 0 aromatic heterocycles. The molecule has 0 heterocycles. The average molecular weight is 457 g/mol. The molecule has 0 atom stereocenters. The second-order valence-electron chi connectivity index (χ2n) is 10.7. The highest BCUT2D eigenvalue weighted by Gasteiger charge is 2.24. The van der Waals surface area contributed by atoms with Crippen molar-refractivity contribution in [3.63, 3.8) is 0 Å². The zero-order valence-electron chi connectivity index (χ0n) is 21.4. The number of carbonyl (C=O) groups is 1. The van der Waals surface area contributed by atoms with Crippen LogP contribution in [0, 0.1) is 17.8 Å². The molecule has 0 N–H and O–H groups in total. The minimum absolute atomic E-state index is 0.0907. The molecule has 3 heteroatoms. The highest BCUT2D eigenvalue weighted by Crippen LogP contribution is 2.34. The average Bonchev–Trinajstić information content (AvgIpc) is 2.85. The lowest BCUT2D eigenvalue weighted by atomic mass is 9.78. The van der Waals surface area contributed by atoms with Gasteiger partial charge in [-0.15, -0.1) is 0 Å². The van der Waals surface area contributed by atoms with Crippen molar-refractivity contribution in [2.45, 2.75) is 123 Å². The lowest BCUT2D eigenvalue weighted by Gasteiger charge is -2.28. The smallest absolute Gasteiger partial charge is 0.338 e. The topological polar surface area (TPSA) is 35.5 Å². The molecule has 0 bridgehead atoms. The Morgan fingerprint density at radius 3 is 1.91 bits per heavy atom. The van der Waals surface area contributed by atoms with Crippen LogP contribution in [-0.4, -0.2) is 18.7 Å². The predicted molar refractivity (Wildman–Crippen MR) is 137 cm³/mol. The molecule has 2 fully saturated rings. The molecule has 0 aliphatic heterocycles. The molecule has 1 aromatic rings. The highest BCUT2D eigenvalue weighted by molar-refractivity contribution is 5.89. The molecule has 3 rings (SSSR count). The molecule has 0 spiro atoms. The standard InChI is InChI=1S/C30H48O3/c1-3-5-6-9-25-11-13-26(14-12-25)10-7-23-32-28-21-17-27(18-22-28)30(31)33-29-19-15-24(8-4-2)16-20-29/h17-18,21-22,24-26,29H,3-16,19-20,23H2,1-2H3. The first-order chi connectivity index (χ1) is 16.2. The Morgan fingerprint density at radius 1 is 0.727 bits per heavy atom. The van der Waals surface area contributed by atoms with E-state index in [1.165, 1.54) is 83.5 Å². The first kappa shape index (κ1) is 26.1. The number of esters is 1. The summed E-state index contributed by atoms with van der Waals surface area (Å²) in [6.07, 6.45) is 20.8. The Kier molecular flexibility index (Phi) is 11.6. The second-order valence-corrected chi connectivity index (χ2v) is 10.7. The molecule has 33 heavy (non-hydrogen) atoms. The largest absolute Gasteiger partial charge is 0.494 e. The van der Waals surface area contributed by atoms with Crippen molar-refractivity contribution in [3.8, 4) is 5.75 Å². The van der Waals surface area contributed by atoms with Gasteiger partial charge >= 0.3 is 5.97 Å². The molecule has 0 unspecified atom stereocenters. The van der Waals surface area contributed by atoms with Crippen molar-refractivity contribution in [2.24, 2.45) is 17.8 Å². The van der Waals surface area contributed by atoms with Gasteiger partial charge in [0, 0.05) is 0 Å². The van der Waals surface area contributed by atoms with Gasteiger partial charge in [0.15, 0.2) is 0 Å². The van der Waals surface area contributed by atoms with Crippen molar-refractivity contribution < 1.29 is 14.3 Å². The Balaban J connectivity index is 1.27. The van der Waals surface area contributed by atoms with Crippen LogP contribution in [0.4, 0.5) is 0 Å². The van der Waals surface area contributed by atoms with Gasteiger partial charge in [0.2, 0.25) is 0 Å². The molecule has 1 aromatic carbocycles. The number of hydrogen-bond donors (Lipinski definition) is 0. The molecule has 186 valence electrons. The molecule has 3 nitrogen and oxygen atoms in total. The quantitative estimate of drug-likeness (QED) is 0.220. The molecule has 0 radical (unpaired) electrons. The van der Waals surface area contributed by atoms with E-state index in [2.05, 4.69) is 13.8 Å². The summed E-state index contributed by atoms with van der Waals surface area (Å²) in [5, 5.41) is 0. The van der Waals surface area contributed by atoms with Gasteiger partial charge in [0.05, 0.1) is 12.2 Å². The van der Waals surface area contributed by atoms with Crippen LogP contribution in [0.5, 0.6) is 5.75 Å². The maximum Gasteiger partial charge on any atom is 0.338 e. The summed E-state index contributed by atoms with van der Waals surface area (Å²) in [6.45, 7) is 5.31. The van der Waals surface area contributed by atoms with E-state index in [9.17, 15) is 4.79 Å². The number of hydrogen-bond acceptors (Lipinski definition) is 3. The van der Waals surface area contributed by atoms with Gasteiger partial charge in [-0.05, 0) is 80.5 Å². The predicted octanol–water partition coefficient (Wildman–Crippen LogP) is 8.75. The van der Waals surface area contributed by atoms with E-state index < -0.39 is 0 Å². The van der Waals surface area contributed by atoms with Crippen LogP contribution in [0.2, 0.25) is 0 Å². The van der Waals surface area contributed by atoms with E-state index in [-0.39, 0.29) is 12.1 Å². The van der Waals surface area contributed by atoms with Crippen LogP contribution in [0.15, 0.2) is 24.3 Å². The summed E-state index contributed by atoms with van der Waals surface area (Å²) in [4.78, 5) is 12.5. The monoisotopic (exact) mass is 456 g/mol. The van der Waals surface area contributed by atoms with Crippen molar-refractivity contribution in [1.29, 1.82) is 0 Å². The minimum Gasteiger partial charge on any atom is -0.494 e. The van der Waals surface area contributed by atoms with E-state index in [1.54, 1.807) is 0 Å². The number of carbonyl (C=O) groups excluding carboxylic acids is 1. The van der Waals surface area contributed by atoms with Crippen molar-refractivity contribution in [2.75, 3.05) is 6.61 Å². The van der Waals surface area contributed by atoms with Crippen LogP contribution >= 0.6 is 0 Å². The molecule has 2 saturated carbocycles. The first-order valence-corrected chi connectivity index (χ1v) is 14.1. The fourth-order valence-corrected chi connectivity index (χ4v) is 5.91. The number of rotatable bonds is 13. The van der Waals surface area contributed by atoms with Crippen molar-refractivity contribution in [1.82, 2.24) is 0 Å². The zero-order chi connectivity index (χ0) is 23.3. The van der Waals surface area contributed by atoms with Crippen LogP contribution < -0.4 is 4.74 Å². The summed E-state index contributed by atoms with van der Waals surface area (Å²) in [6, 6.07) is 7.52. The minimum atomic E-state index is -0.189. The third kappa shape index (κ3) is 9.33. The van der Waals surface area contributed by atoms with Gasteiger partial charge in [-0.3, -0.25) is 0 Å². The lowest BCUT2D eigenvalue weighted by molar-refractivity contribution is 0.0161. The fourth-order valence-electron chi connectivity index (χ4n) is 5.91. The van der Waals surface area contributed by atoms with Gasteiger partial charge in [0.1, 0.15) is 11.9 Å². The Bertz CT molecular complexity index is 652. The number of ether oxygens (including phenoxy) is 2. The maximum absolute atomic E-state index is 12.5. The molecular weight excluding hydrogens is 408 g/mol. The fraction of sp³-hybridized carbons (Fsp3) is 0.767. The normalized spacial score (nSPS) is 25.5. The highest BCUT2D eigenvalue weighted by atomic mass is 16.5. The molecule has 0 saturated heterocycles. The summed E-state index contributed by atoms with van der Waals surface area (Å²) >= 11 is 0. The molecule has 0 amide bonds. The van der Waals surface area contributed by atoms with Gasteiger partial charge < -0.3 is 9.47 Å². The first-order valence-electron chi connectivity index (χ1n) is 14.1. The van der Waals surface area contributed by atoms with Gasteiger partial charge in [-0.1, -0.05) is 78.1 Å². The van der Waals surface area contributed by atoms with Crippen LogP contribution in [0.1, 0.15) is 127 Å². The van der Waals surface area contributed by atoms with Crippen LogP contribution in [0.3, 0.4) is 0 Å². The van der Waals surface area contributed by atoms with Gasteiger partial charge in [-0.2, -0.15) is 0 Å². The van der Waals surface area contributed by atoms with Gasteiger partial charge in [0.25, 0.3) is 0 Å². The Morgan fingerprint density at radius 2 is 1.30 bits per heavy atom. The lowest BCUT2D eigenvalue weighted by Crippen LogP contribution is -2.24. The number of benzene rings is 1. The zero-order valence-corrected chi connectivity index (χ0v) is 21.4. The van der Waals surface area contributed by atoms with E-state index in [4.69, 9.17) is 9.47 Å². The van der Waals surface area contributed by atoms with E-state index in [1.807, 2.05) is 24.3 Å². The molecule has 2 aliphatic carbocycles. The molecular formula is C30H48O3. The van der Waals surface area contributed by atoms with Crippen LogP contribution in [-0.2, 0) is 4.74 Å². The Labute approximate surface area is 203 Å². The second kappa shape index (κ2) is 14.7. The van der Waals surface area contributed by atoms with Crippen LogP contribution in [0.25, 0.3) is 0 Å². The maximum atomic E-state index is 12.5. The van der Waals surface area contributed by atoms with E-state index >= 15 is 0 Å². The SMILES string of the molecule is CCCCCC1CCC(CCCOc2ccc(C(=O)OC3CCC(CCC)CC3)cc2)CC1. The third-order valence-corrected chi connectivity index (χ3v) is 8.06. The molecule has 2 aliphatic rings. The summed E-state index contributed by atoms with van der Waals surface area (Å²) in [7, 11) is 0. The van der Waals surface area contributed by atoms with Crippen molar-refractivity contribution >= 4 is 5.97 Å². The Hall–Kier alpha value is -1.51. The summed E-state index contributed by atoms with van der Waals surface area (Å²) < 4.78 is 11.7. The van der Waals surface area contributed by atoms with E-state index in [0.717, 1.165) is 49.4 Å². The van der Waals surface area contributed by atoms with E-state index in [0.29, 0.717) is 5.56 Å². The summed E-state index contributed by atoms with van der Waals surface area (Å²) in [5.74, 6) is 3.37. The van der Waals surface area contributed by atoms with Gasteiger partial charge in [-0.25, -0.2) is 4.79 Å². The summed E-state index contributed by atoms with van der Waals surface area (Å²) in [5.41, 5.74) is 0.633. The number of unbranched alkanes of at least 4 members (excludes halogenated alkanes) is 2.